The van der Waals surface area contributed by atoms with Gasteiger partial charge in [-0.15, -0.1) is 0 Å². The molecule has 0 fully saturated rings. The highest BCUT2D eigenvalue weighted by molar-refractivity contribution is 6.30. The Balaban J connectivity index is 2.32. The molecular weight excluding hydrogens is 274 g/mol. The number of hydrogen-bond acceptors (Lipinski definition) is 5. The van der Waals surface area contributed by atoms with Crippen molar-refractivity contribution in [2.45, 2.75) is 6.92 Å². The summed E-state index contributed by atoms with van der Waals surface area (Å²) in [5, 5.41) is 19.7. The third-order valence-corrected chi connectivity index (χ3v) is 2.45. The Bertz CT molecular complexity index is 654. The Morgan fingerprint density at radius 2 is 2.26 bits per heavy atom. The van der Waals surface area contributed by atoms with Crippen LogP contribution in [-0.4, -0.2) is 26.0 Å². The summed E-state index contributed by atoms with van der Waals surface area (Å²) in [6, 6.07) is 2.72. The molecule has 19 heavy (non-hydrogen) atoms. The predicted molar refractivity (Wildman–Crippen MR) is 67.2 cm³/mol. The van der Waals surface area contributed by atoms with Crippen molar-refractivity contribution in [3.05, 3.63) is 44.9 Å². The van der Waals surface area contributed by atoms with Crippen molar-refractivity contribution >= 4 is 29.0 Å². The fourth-order valence-electron chi connectivity index (χ4n) is 1.42. The Morgan fingerprint density at radius 1 is 1.53 bits per heavy atom. The molecule has 2 aromatic heterocycles. The Labute approximate surface area is 112 Å². The summed E-state index contributed by atoms with van der Waals surface area (Å²) >= 11 is 5.64. The molecule has 0 aliphatic rings. The lowest BCUT2D eigenvalue weighted by Gasteiger charge is -2.03. The number of nitrogens with zero attached hydrogens (tertiary/aromatic N) is 3. The molecule has 2 heterocycles. The number of nitrogens with one attached hydrogen (secondary N) is 2. The standard InChI is InChI=1S/C10H8ClN5O3/c1-5-2-9(15-14-5)13-10(17)6-3-8(11)12-4-7(6)16(18)19/h2-4H,1H3,(H2,13,14,15,17). The van der Waals surface area contributed by atoms with Crippen LogP contribution in [0.25, 0.3) is 0 Å². The van der Waals surface area contributed by atoms with E-state index in [4.69, 9.17) is 11.6 Å². The fraction of sp³-hybridized carbons (Fsp3) is 0.100. The predicted octanol–water partition coefficient (Wildman–Crippen LogP) is 1.93. The third-order valence-electron chi connectivity index (χ3n) is 2.24. The van der Waals surface area contributed by atoms with E-state index in [1.54, 1.807) is 13.0 Å². The fourth-order valence-corrected chi connectivity index (χ4v) is 1.57. The van der Waals surface area contributed by atoms with E-state index < -0.39 is 16.5 Å². The summed E-state index contributed by atoms with van der Waals surface area (Å²) in [5.41, 5.74) is 0.150. The van der Waals surface area contributed by atoms with E-state index in [1.807, 2.05) is 0 Å². The number of anilines is 1. The summed E-state index contributed by atoms with van der Waals surface area (Å²) < 4.78 is 0. The highest BCUT2D eigenvalue weighted by Crippen LogP contribution is 2.21. The van der Waals surface area contributed by atoms with E-state index in [1.165, 1.54) is 0 Å². The molecule has 0 unspecified atom stereocenters. The van der Waals surface area contributed by atoms with E-state index in [-0.39, 0.29) is 16.5 Å². The van der Waals surface area contributed by atoms with Gasteiger partial charge >= 0.3 is 0 Å². The van der Waals surface area contributed by atoms with E-state index in [9.17, 15) is 14.9 Å². The van der Waals surface area contributed by atoms with Gasteiger partial charge in [-0.2, -0.15) is 5.10 Å². The van der Waals surface area contributed by atoms with E-state index in [0.717, 1.165) is 18.0 Å². The van der Waals surface area contributed by atoms with Gasteiger partial charge in [0.15, 0.2) is 5.82 Å². The van der Waals surface area contributed by atoms with Gasteiger partial charge in [0.2, 0.25) is 0 Å². The van der Waals surface area contributed by atoms with Gasteiger partial charge in [0, 0.05) is 11.8 Å². The summed E-state index contributed by atoms with van der Waals surface area (Å²) in [4.78, 5) is 25.6. The first kappa shape index (κ1) is 13.0. The topological polar surface area (TPSA) is 114 Å². The molecule has 0 spiro atoms. The molecule has 0 radical (unpaired) electrons. The molecule has 0 aliphatic heterocycles. The molecule has 0 saturated heterocycles. The molecule has 1 amide bonds. The Morgan fingerprint density at radius 3 is 2.84 bits per heavy atom. The van der Waals surface area contributed by atoms with Crippen LogP contribution in [0.15, 0.2) is 18.3 Å². The van der Waals surface area contributed by atoms with Crippen LogP contribution in [0.1, 0.15) is 16.1 Å². The van der Waals surface area contributed by atoms with Crippen LogP contribution in [0.5, 0.6) is 0 Å². The van der Waals surface area contributed by atoms with Crippen molar-refractivity contribution in [2.75, 3.05) is 5.32 Å². The maximum absolute atomic E-state index is 11.9. The van der Waals surface area contributed by atoms with Crippen LogP contribution in [0.2, 0.25) is 5.15 Å². The number of amides is 1. The van der Waals surface area contributed by atoms with Crippen molar-refractivity contribution in [2.24, 2.45) is 0 Å². The first-order chi connectivity index (χ1) is 8.97. The molecule has 98 valence electrons. The number of H-pyrrole nitrogens is 1. The molecule has 0 aromatic carbocycles. The summed E-state index contributed by atoms with van der Waals surface area (Å²) in [7, 11) is 0. The van der Waals surface area contributed by atoms with Crippen molar-refractivity contribution < 1.29 is 9.72 Å². The highest BCUT2D eigenvalue weighted by Gasteiger charge is 2.22. The molecule has 9 heteroatoms. The minimum Gasteiger partial charge on any atom is -0.305 e. The average Bonchev–Trinajstić information content (AvgIpc) is 2.74. The van der Waals surface area contributed by atoms with Crippen LogP contribution < -0.4 is 5.32 Å². The van der Waals surface area contributed by atoms with E-state index in [0.29, 0.717) is 0 Å². The molecule has 2 rings (SSSR count). The number of pyridine rings is 1. The normalized spacial score (nSPS) is 10.2. The van der Waals surface area contributed by atoms with Crippen LogP contribution in [0.3, 0.4) is 0 Å². The zero-order valence-electron chi connectivity index (χ0n) is 9.68. The third kappa shape index (κ3) is 2.86. The molecule has 0 saturated carbocycles. The summed E-state index contributed by atoms with van der Waals surface area (Å²) in [5.74, 6) is -0.410. The second kappa shape index (κ2) is 5.02. The summed E-state index contributed by atoms with van der Waals surface area (Å²) in [6.07, 6.45) is 0.938. The number of carbonyl (C=O) groups is 1. The minimum absolute atomic E-state index is 0.00559. The zero-order chi connectivity index (χ0) is 14.0. The number of rotatable bonds is 3. The van der Waals surface area contributed by atoms with Gasteiger partial charge in [-0.3, -0.25) is 20.0 Å². The zero-order valence-corrected chi connectivity index (χ0v) is 10.4. The number of nitro groups is 1. The van der Waals surface area contributed by atoms with Gasteiger partial charge < -0.3 is 5.32 Å². The van der Waals surface area contributed by atoms with Gasteiger partial charge in [0.1, 0.15) is 16.9 Å². The first-order valence-corrected chi connectivity index (χ1v) is 5.48. The molecule has 2 N–H and O–H groups in total. The van der Waals surface area contributed by atoms with Crippen molar-refractivity contribution in [1.82, 2.24) is 15.2 Å². The van der Waals surface area contributed by atoms with Crippen molar-refractivity contribution in [1.29, 1.82) is 0 Å². The highest BCUT2D eigenvalue weighted by atomic mass is 35.5. The Kier molecular flexibility index (Phi) is 3.43. The van der Waals surface area contributed by atoms with Gasteiger partial charge in [-0.25, -0.2) is 4.98 Å². The molecule has 0 atom stereocenters. The Hall–Kier alpha value is -2.48. The monoisotopic (exact) mass is 281 g/mol. The number of aromatic amines is 1. The number of aromatic nitrogens is 3. The van der Waals surface area contributed by atoms with Crippen molar-refractivity contribution in [3.8, 4) is 0 Å². The smallest absolute Gasteiger partial charge is 0.300 e. The van der Waals surface area contributed by atoms with E-state index >= 15 is 0 Å². The maximum Gasteiger partial charge on any atom is 0.300 e. The van der Waals surface area contributed by atoms with Crippen LogP contribution in [0, 0.1) is 17.0 Å². The molecule has 8 nitrogen and oxygen atoms in total. The maximum atomic E-state index is 11.9. The van der Waals surface area contributed by atoms with Gasteiger partial charge in [-0.05, 0) is 13.0 Å². The largest absolute Gasteiger partial charge is 0.305 e. The lowest BCUT2D eigenvalue weighted by molar-refractivity contribution is -0.385. The number of carbonyl (C=O) groups excluding carboxylic acids is 1. The van der Waals surface area contributed by atoms with Crippen LogP contribution >= 0.6 is 11.6 Å². The molecular formula is C10H8ClN5O3. The van der Waals surface area contributed by atoms with E-state index in [2.05, 4.69) is 20.5 Å². The van der Waals surface area contributed by atoms with Gasteiger partial charge in [0.05, 0.1) is 4.92 Å². The second-order valence-electron chi connectivity index (χ2n) is 3.67. The number of halogens is 1. The average molecular weight is 282 g/mol. The quantitative estimate of drug-likeness (QED) is 0.507. The summed E-state index contributed by atoms with van der Waals surface area (Å²) in [6.45, 7) is 1.76. The number of hydrogen-bond donors (Lipinski definition) is 2. The van der Waals surface area contributed by atoms with Crippen molar-refractivity contribution in [3.63, 3.8) is 0 Å². The number of aryl methyl sites for hydroxylation is 1. The van der Waals surface area contributed by atoms with Gasteiger partial charge in [0.25, 0.3) is 11.6 Å². The lowest BCUT2D eigenvalue weighted by Crippen LogP contribution is -2.14. The van der Waals surface area contributed by atoms with Crippen LogP contribution in [0.4, 0.5) is 11.5 Å². The van der Waals surface area contributed by atoms with Gasteiger partial charge in [-0.1, -0.05) is 11.6 Å². The second-order valence-corrected chi connectivity index (χ2v) is 4.06. The molecule has 0 bridgehead atoms. The first-order valence-electron chi connectivity index (χ1n) is 5.10. The van der Waals surface area contributed by atoms with Crippen LogP contribution in [-0.2, 0) is 0 Å². The lowest BCUT2D eigenvalue weighted by atomic mass is 10.2. The molecule has 0 aliphatic carbocycles. The molecule has 2 aromatic rings. The minimum atomic E-state index is -0.700. The SMILES string of the molecule is Cc1cc(NC(=O)c2cc(Cl)ncc2[N+](=O)[O-])n[nH]1.